The summed E-state index contributed by atoms with van der Waals surface area (Å²) in [5, 5.41) is 6.86. The van der Waals surface area contributed by atoms with Crippen LogP contribution < -0.4 is 16.4 Å². The summed E-state index contributed by atoms with van der Waals surface area (Å²) in [6.07, 6.45) is -6.63. The molecule has 0 unspecified atom stereocenters. The van der Waals surface area contributed by atoms with Crippen LogP contribution in [0, 0.1) is 11.7 Å². The van der Waals surface area contributed by atoms with Crippen LogP contribution in [0.25, 0.3) is 10.8 Å². The number of anilines is 1. The van der Waals surface area contributed by atoms with E-state index in [1.54, 1.807) is 0 Å². The molecule has 2 aromatic heterocycles. The summed E-state index contributed by atoms with van der Waals surface area (Å²) < 4.78 is 81.6. The Kier molecular flexibility index (Phi) is 5.49. The van der Waals surface area contributed by atoms with Crippen LogP contribution in [0.2, 0.25) is 0 Å². The normalized spacial score (nSPS) is 19.2. The van der Waals surface area contributed by atoms with Crippen LogP contribution in [0.1, 0.15) is 43.0 Å². The van der Waals surface area contributed by atoms with Crippen LogP contribution in [-0.2, 0) is 7.05 Å². The Morgan fingerprint density at radius 3 is 2.42 bits per heavy atom. The SMILES string of the molecule is C[C@@H](Nc1nn(C)c(=O)c2cc(=O)n([C@@H]3C[C@H]3C(F)(F)F)cc12)c1cccc(C(F)F)c1F. The molecule has 3 atom stereocenters. The van der Waals surface area contributed by atoms with Crippen molar-refractivity contribution < 1.29 is 26.3 Å². The number of benzene rings is 1. The zero-order chi connectivity index (χ0) is 24.2. The van der Waals surface area contributed by atoms with Crippen LogP contribution in [0.4, 0.5) is 32.2 Å². The first-order valence-corrected chi connectivity index (χ1v) is 9.93. The Labute approximate surface area is 182 Å². The second-order valence-corrected chi connectivity index (χ2v) is 7.99. The van der Waals surface area contributed by atoms with E-state index >= 15 is 0 Å². The highest BCUT2D eigenvalue weighted by atomic mass is 19.4. The number of aromatic nitrogens is 3. The standard InChI is InChI=1S/C21H18F6N4O2/c1-9(10-4-3-5-11(17(10)22)18(23)24)28-19-13-8-31(15-7-14(15)21(25,26)27)16(32)6-12(13)20(33)30(2)29-19/h3-6,8-9,14-15,18H,7H2,1-2H3,(H,28,29)/t9-,14-,15-/m1/s1. The van der Waals surface area contributed by atoms with Gasteiger partial charge in [0.25, 0.3) is 17.5 Å². The predicted octanol–water partition coefficient (Wildman–Crippen LogP) is 4.47. The van der Waals surface area contributed by atoms with Gasteiger partial charge in [0.2, 0.25) is 0 Å². The smallest absolute Gasteiger partial charge is 0.361 e. The Hall–Kier alpha value is -3.31. The molecule has 0 spiro atoms. The van der Waals surface area contributed by atoms with E-state index < -0.39 is 53.1 Å². The van der Waals surface area contributed by atoms with Crippen LogP contribution >= 0.6 is 0 Å². The van der Waals surface area contributed by atoms with Crippen molar-refractivity contribution in [1.29, 1.82) is 0 Å². The molecular formula is C21H18F6N4O2. The largest absolute Gasteiger partial charge is 0.393 e. The summed E-state index contributed by atoms with van der Waals surface area (Å²) >= 11 is 0. The molecule has 1 aromatic carbocycles. The number of halogens is 6. The molecule has 6 nitrogen and oxygen atoms in total. The lowest BCUT2D eigenvalue weighted by molar-refractivity contribution is -0.150. The van der Waals surface area contributed by atoms with Gasteiger partial charge in [-0.3, -0.25) is 9.59 Å². The van der Waals surface area contributed by atoms with Gasteiger partial charge in [0.1, 0.15) is 5.82 Å². The minimum Gasteiger partial charge on any atom is -0.361 e. The monoisotopic (exact) mass is 472 g/mol. The van der Waals surface area contributed by atoms with Crippen LogP contribution in [0.3, 0.4) is 0 Å². The molecule has 1 aliphatic carbocycles. The molecule has 0 radical (unpaired) electrons. The van der Waals surface area contributed by atoms with Gasteiger partial charge in [-0.25, -0.2) is 17.9 Å². The molecule has 12 heteroatoms. The molecule has 4 rings (SSSR count). The fraction of sp³-hybridized carbons (Fsp3) is 0.381. The van der Waals surface area contributed by atoms with Crippen molar-refractivity contribution in [2.75, 3.05) is 5.32 Å². The van der Waals surface area contributed by atoms with Crippen molar-refractivity contribution in [1.82, 2.24) is 14.3 Å². The van der Waals surface area contributed by atoms with Gasteiger partial charge in [0.15, 0.2) is 5.82 Å². The maximum atomic E-state index is 14.6. The fourth-order valence-corrected chi connectivity index (χ4v) is 3.90. The second-order valence-electron chi connectivity index (χ2n) is 7.99. The minimum absolute atomic E-state index is 0.0144. The number of hydrogen-bond donors (Lipinski definition) is 1. The first-order chi connectivity index (χ1) is 15.4. The number of nitrogens with one attached hydrogen (secondary N) is 1. The average Bonchev–Trinajstić information content (AvgIpc) is 3.52. The first kappa shape index (κ1) is 22.9. The molecule has 0 amide bonds. The van der Waals surface area contributed by atoms with Gasteiger partial charge < -0.3 is 9.88 Å². The van der Waals surface area contributed by atoms with Crippen molar-refractivity contribution in [3.8, 4) is 0 Å². The van der Waals surface area contributed by atoms with Crippen LogP contribution in [0.15, 0.2) is 40.1 Å². The highest BCUT2D eigenvalue weighted by molar-refractivity contribution is 5.90. The van der Waals surface area contributed by atoms with Crippen molar-refractivity contribution >= 4 is 16.6 Å². The molecule has 1 saturated carbocycles. The summed E-state index contributed by atoms with van der Waals surface area (Å²) in [4.78, 5) is 24.9. The number of alkyl halides is 5. The number of hydrogen-bond acceptors (Lipinski definition) is 4. The topological polar surface area (TPSA) is 68.9 Å². The second kappa shape index (κ2) is 7.92. The highest BCUT2D eigenvalue weighted by Gasteiger charge is 2.57. The lowest BCUT2D eigenvalue weighted by atomic mass is 10.0. The van der Waals surface area contributed by atoms with E-state index in [1.807, 2.05) is 0 Å². The van der Waals surface area contributed by atoms with Gasteiger partial charge in [-0.1, -0.05) is 18.2 Å². The summed E-state index contributed by atoms with van der Waals surface area (Å²) in [6, 6.07) is 2.47. The molecular weight excluding hydrogens is 454 g/mol. The lowest BCUT2D eigenvalue weighted by Crippen LogP contribution is -2.27. The molecule has 33 heavy (non-hydrogen) atoms. The molecule has 1 aliphatic rings. The summed E-state index contributed by atoms with van der Waals surface area (Å²) in [5.41, 5.74) is -2.29. The Balaban J connectivity index is 1.79. The maximum Gasteiger partial charge on any atom is 0.393 e. The average molecular weight is 472 g/mol. The van der Waals surface area contributed by atoms with E-state index in [2.05, 4.69) is 10.4 Å². The number of pyridine rings is 1. The van der Waals surface area contributed by atoms with E-state index in [9.17, 15) is 35.9 Å². The van der Waals surface area contributed by atoms with Crippen LogP contribution in [0.5, 0.6) is 0 Å². The van der Waals surface area contributed by atoms with Gasteiger partial charge in [-0.15, -0.1) is 0 Å². The third-order valence-corrected chi connectivity index (χ3v) is 5.76. The molecule has 1 N–H and O–H groups in total. The predicted molar refractivity (Wildman–Crippen MR) is 108 cm³/mol. The Bertz CT molecular complexity index is 1350. The van der Waals surface area contributed by atoms with Gasteiger partial charge in [-0.2, -0.15) is 18.3 Å². The zero-order valence-electron chi connectivity index (χ0n) is 17.3. The summed E-state index contributed by atoms with van der Waals surface area (Å²) in [5.74, 6) is -2.79. The summed E-state index contributed by atoms with van der Waals surface area (Å²) in [7, 11) is 1.31. The third kappa shape index (κ3) is 4.09. The van der Waals surface area contributed by atoms with E-state index in [-0.39, 0.29) is 28.6 Å². The molecule has 2 heterocycles. The third-order valence-electron chi connectivity index (χ3n) is 5.76. The number of nitrogens with zero attached hydrogens (tertiary/aromatic N) is 3. The Morgan fingerprint density at radius 2 is 1.82 bits per heavy atom. The quantitative estimate of drug-likeness (QED) is 0.557. The molecule has 1 fully saturated rings. The molecule has 0 aliphatic heterocycles. The first-order valence-electron chi connectivity index (χ1n) is 9.93. The van der Waals surface area contributed by atoms with Gasteiger partial charge in [0, 0.05) is 36.3 Å². The zero-order valence-corrected chi connectivity index (χ0v) is 17.3. The van der Waals surface area contributed by atoms with E-state index in [1.165, 1.54) is 26.1 Å². The van der Waals surface area contributed by atoms with E-state index in [0.717, 1.165) is 27.6 Å². The number of aryl methyl sites for hydroxylation is 1. The van der Waals surface area contributed by atoms with Gasteiger partial charge >= 0.3 is 6.18 Å². The summed E-state index contributed by atoms with van der Waals surface area (Å²) in [6.45, 7) is 1.48. The number of rotatable bonds is 5. The van der Waals surface area contributed by atoms with E-state index in [4.69, 9.17) is 0 Å². The fourth-order valence-electron chi connectivity index (χ4n) is 3.90. The molecule has 0 saturated heterocycles. The van der Waals surface area contributed by atoms with Crippen LogP contribution in [-0.4, -0.2) is 20.5 Å². The minimum atomic E-state index is -4.47. The van der Waals surface area contributed by atoms with Crippen molar-refractivity contribution in [3.63, 3.8) is 0 Å². The maximum absolute atomic E-state index is 14.6. The Morgan fingerprint density at radius 1 is 1.15 bits per heavy atom. The molecule has 3 aromatic rings. The van der Waals surface area contributed by atoms with Gasteiger partial charge in [0.05, 0.1) is 22.9 Å². The lowest BCUT2D eigenvalue weighted by Gasteiger charge is -2.19. The van der Waals surface area contributed by atoms with Gasteiger partial charge in [-0.05, 0) is 13.3 Å². The van der Waals surface area contributed by atoms with Crippen molar-refractivity contribution in [2.24, 2.45) is 13.0 Å². The molecule has 176 valence electrons. The van der Waals surface area contributed by atoms with Crippen molar-refractivity contribution in [3.05, 3.63) is 68.1 Å². The highest BCUT2D eigenvalue weighted by Crippen LogP contribution is 2.52. The number of fused-ring (bicyclic) bond motifs is 1. The molecule has 0 bridgehead atoms. The van der Waals surface area contributed by atoms with Crippen molar-refractivity contribution in [2.45, 2.75) is 38.0 Å². The van der Waals surface area contributed by atoms with E-state index in [0.29, 0.717) is 0 Å².